The van der Waals surface area contributed by atoms with Gasteiger partial charge in [0, 0.05) is 17.8 Å². The van der Waals surface area contributed by atoms with E-state index in [0.29, 0.717) is 6.54 Å². The van der Waals surface area contributed by atoms with Crippen LogP contribution in [0.1, 0.15) is 45.1 Å². The SMILES string of the molecule is CCCCCC(C)(CN)Nc1ccccc1C. The van der Waals surface area contributed by atoms with Crippen LogP contribution in [-0.2, 0) is 0 Å². The van der Waals surface area contributed by atoms with Gasteiger partial charge in [-0.2, -0.15) is 0 Å². The lowest BCUT2D eigenvalue weighted by Gasteiger charge is -2.31. The second-order valence-electron chi connectivity index (χ2n) is 5.16. The Bertz CT molecular complexity index is 335. The minimum Gasteiger partial charge on any atom is -0.378 e. The lowest BCUT2D eigenvalue weighted by Crippen LogP contribution is -2.42. The average molecular weight is 234 g/mol. The van der Waals surface area contributed by atoms with Crippen LogP contribution in [-0.4, -0.2) is 12.1 Å². The van der Waals surface area contributed by atoms with E-state index < -0.39 is 0 Å². The number of aryl methyl sites for hydroxylation is 1. The van der Waals surface area contributed by atoms with Gasteiger partial charge in [0.25, 0.3) is 0 Å². The Kier molecular flexibility index (Phi) is 5.49. The largest absolute Gasteiger partial charge is 0.378 e. The van der Waals surface area contributed by atoms with Gasteiger partial charge in [0.05, 0.1) is 0 Å². The molecule has 0 aliphatic heterocycles. The van der Waals surface area contributed by atoms with Gasteiger partial charge in [-0.3, -0.25) is 0 Å². The van der Waals surface area contributed by atoms with Crippen molar-refractivity contribution < 1.29 is 0 Å². The topological polar surface area (TPSA) is 38.0 Å². The Labute approximate surface area is 106 Å². The number of para-hydroxylation sites is 1. The summed E-state index contributed by atoms with van der Waals surface area (Å²) in [5, 5.41) is 3.61. The third-order valence-electron chi connectivity index (χ3n) is 3.36. The lowest BCUT2D eigenvalue weighted by molar-refractivity contribution is 0.455. The molecule has 0 bridgehead atoms. The standard InChI is InChI=1S/C15H26N2/c1-4-5-8-11-15(3,12-16)17-14-10-7-6-9-13(14)2/h6-7,9-10,17H,4-5,8,11-12,16H2,1-3H3. The Morgan fingerprint density at radius 2 is 1.94 bits per heavy atom. The molecule has 1 aromatic carbocycles. The van der Waals surface area contributed by atoms with Gasteiger partial charge < -0.3 is 11.1 Å². The van der Waals surface area contributed by atoms with E-state index in [-0.39, 0.29) is 5.54 Å². The van der Waals surface area contributed by atoms with Gasteiger partial charge in [-0.05, 0) is 31.9 Å². The van der Waals surface area contributed by atoms with Crippen molar-refractivity contribution in [2.75, 3.05) is 11.9 Å². The summed E-state index contributed by atoms with van der Waals surface area (Å²) in [7, 11) is 0. The molecule has 0 aliphatic carbocycles. The Hall–Kier alpha value is -1.02. The average Bonchev–Trinajstić information content (AvgIpc) is 2.33. The number of nitrogens with two attached hydrogens (primary N) is 1. The molecule has 96 valence electrons. The molecule has 0 spiro atoms. The minimum atomic E-state index is 0.0152. The van der Waals surface area contributed by atoms with Crippen molar-refractivity contribution in [3.8, 4) is 0 Å². The van der Waals surface area contributed by atoms with Crippen molar-refractivity contribution in [1.82, 2.24) is 0 Å². The number of hydrogen-bond acceptors (Lipinski definition) is 2. The highest BCUT2D eigenvalue weighted by Gasteiger charge is 2.21. The van der Waals surface area contributed by atoms with E-state index in [1.807, 2.05) is 0 Å². The first-order valence-corrected chi connectivity index (χ1v) is 6.65. The summed E-state index contributed by atoms with van der Waals surface area (Å²) in [5.41, 5.74) is 8.43. The molecule has 2 heteroatoms. The molecule has 0 aromatic heterocycles. The maximum atomic E-state index is 5.92. The molecule has 3 N–H and O–H groups in total. The summed E-state index contributed by atoms with van der Waals surface area (Å²) in [6, 6.07) is 8.39. The van der Waals surface area contributed by atoms with Crippen LogP contribution in [0, 0.1) is 6.92 Å². The summed E-state index contributed by atoms with van der Waals surface area (Å²) >= 11 is 0. The van der Waals surface area contributed by atoms with Gasteiger partial charge in [0.2, 0.25) is 0 Å². The first-order valence-electron chi connectivity index (χ1n) is 6.65. The van der Waals surface area contributed by atoms with Crippen LogP contribution in [0.15, 0.2) is 24.3 Å². The number of rotatable bonds is 7. The molecule has 17 heavy (non-hydrogen) atoms. The van der Waals surface area contributed by atoms with Crippen molar-refractivity contribution in [2.24, 2.45) is 5.73 Å². The molecular formula is C15H26N2. The van der Waals surface area contributed by atoms with Crippen LogP contribution < -0.4 is 11.1 Å². The van der Waals surface area contributed by atoms with Crippen LogP contribution >= 0.6 is 0 Å². The van der Waals surface area contributed by atoms with Crippen molar-refractivity contribution in [1.29, 1.82) is 0 Å². The predicted molar refractivity (Wildman–Crippen MR) is 76.4 cm³/mol. The second kappa shape index (κ2) is 6.65. The maximum absolute atomic E-state index is 5.92. The fourth-order valence-electron chi connectivity index (χ4n) is 2.02. The fraction of sp³-hybridized carbons (Fsp3) is 0.600. The van der Waals surface area contributed by atoms with Gasteiger partial charge in [-0.1, -0.05) is 44.4 Å². The van der Waals surface area contributed by atoms with Crippen LogP contribution in [0.5, 0.6) is 0 Å². The zero-order chi connectivity index (χ0) is 12.7. The number of unbranched alkanes of at least 4 members (excludes halogenated alkanes) is 2. The van der Waals surface area contributed by atoms with Crippen molar-refractivity contribution in [3.63, 3.8) is 0 Å². The molecule has 0 fully saturated rings. The molecule has 1 aromatic rings. The predicted octanol–water partition coefficient (Wildman–Crippen LogP) is 3.70. The van der Waals surface area contributed by atoms with Crippen LogP contribution in [0.4, 0.5) is 5.69 Å². The summed E-state index contributed by atoms with van der Waals surface area (Å²) in [6.07, 6.45) is 4.91. The first kappa shape index (κ1) is 14.0. The monoisotopic (exact) mass is 234 g/mol. The molecule has 0 saturated carbocycles. The molecule has 0 saturated heterocycles. The molecule has 1 unspecified atom stereocenters. The fourth-order valence-corrected chi connectivity index (χ4v) is 2.02. The van der Waals surface area contributed by atoms with Gasteiger partial charge in [-0.15, -0.1) is 0 Å². The number of anilines is 1. The minimum absolute atomic E-state index is 0.0152. The highest BCUT2D eigenvalue weighted by Crippen LogP contribution is 2.22. The maximum Gasteiger partial charge on any atom is 0.0467 e. The molecule has 0 amide bonds. The van der Waals surface area contributed by atoms with Crippen molar-refractivity contribution >= 4 is 5.69 Å². The van der Waals surface area contributed by atoms with E-state index in [1.165, 1.54) is 30.5 Å². The highest BCUT2D eigenvalue weighted by atomic mass is 15.0. The highest BCUT2D eigenvalue weighted by molar-refractivity contribution is 5.52. The quantitative estimate of drug-likeness (QED) is 0.706. The normalized spacial score (nSPS) is 14.4. The smallest absolute Gasteiger partial charge is 0.0467 e. The van der Waals surface area contributed by atoms with Gasteiger partial charge in [0.15, 0.2) is 0 Å². The van der Waals surface area contributed by atoms with E-state index in [0.717, 1.165) is 6.42 Å². The summed E-state index contributed by atoms with van der Waals surface area (Å²) in [6.45, 7) is 7.25. The van der Waals surface area contributed by atoms with E-state index in [4.69, 9.17) is 5.73 Å². The molecule has 1 rings (SSSR count). The molecule has 0 radical (unpaired) electrons. The first-order chi connectivity index (χ1) is 8.11. The zero-order valence-corrected chi connectivity index (χ0v) is 11.4. The molecule has 0 heterocycles. The summed E-state index contributed by atoms with van der Waals surface area (Å²) < 4.78 is 0. The second-order valence-corrected chi connectivity index (χ2v) is 5.16. The third kappa shape index (κ3) is 4.39. The van der Waals surface area contributed by atoms with Crippen LogP contribution in [0.2, 0.25) is 0 Å². The van der Waals surface area contributed by atoms with E-state index in [9.17, 15) is 0 Å². The lowest BCUT2D eigenvalue weighted by atomic mass is 9.93. The molecule has 2 nitrogen and oxygen atoms in total. The van der Waals surface area contributed by atoms with Gasteiger partial charge >= 0.3 is 0 Å². The van der Waals surface area contributed by atoms with E-state index in [1.54, 1.807) is 0 Å². The van der Waals surface area contributed by atoms with Gasteiger partial charge in [0.1, 0.15) is 0 Å². The Morgan fingerprint density at radius 1 is 1.24 bits per heavy atom. The van der Waals surface area contributed by atoms with Gasteiger partial charge in [-0.25, -0.2) is 0 Å². The molecule has 1 atom stereocenters. The van der Waals surface area contributed by atoms with Crippen LogP contribution in [0.3, 0.4) is 0 Å². The van der Waals surface area contributed by atoms with Crippen molar-refractivity contribution in [2.45, 2.75) is 52.0 Å². The zero-order valence-electron chi connectivity index (χ0n) is 11.4. The summed E-state index contributed by atoms with van der Waals surface area (Å²) in [4.78, 5) is 0. The van der Waals surface area contributed by atoms with Crippen molar-refractivity contribution in [3.05, 3.63) is 29.8 Å². The molecular weight excluding hydrogens is 208 g/mol. The number of benzene rings is 1. The number of hydrogen-bond donors (Lipinski definition) is 2. The van der Waals surface area contributed by atoms with E-state index >= 15 is 0 Å². The third-order valence-corrected chi connectivity index (χ3v) is 3.36. The van der Waals surface area contributed by atoms with Crippen LogP contribution in [0.25, 0.3) is 0 Å². The summed E-state index contributed by atoms with van der Waals surface area (Å²) in [5.74, 6) is 0. The Morgan fingerprint density at radius 3 is 2.53 bits per heavy atom. The Balaban J connectivity index is 2.65. The number of nitrogens with one attached hydrogen (secondary N) is 1. The molecule has 0 aliphatic rings. The van der Waals surface area contributed by atoms with E-state index in [2.05, 4.69) is 50.4 Å².